The third-order valence-electron chi connectivity index (χ3n) is 2.18. The van der Waals surface area contributed by atoms with Crippen LogP contribution in [0.25, 0.3) is 0 Å². The fourth-order valence-corrected chi connectivity index (χ4v) is 1.41. The summed E-state index contributed by atoms with van der Waals surface area (Å²) in [5.74, 6) is -1.75. The molecule has 0 saturated carbocycles. The summed E-state index contributed by atoms with van der Waals surface area (Å²) in [5, 5.41) is 22.0. The molecule has 19 heavy (non-hydrogen) atoms. The van der Waals surface area contributed by atoms with Crippen molar-refractivity contribution in [2.45, 2.75) is 0 Å². The number of hydrogen-bond acceptors (Lipinski definition) is 5. The summed E-state index contributed by atoms with van der Waals surface area (Å²) in [6.45, 7) is 0.0794. The molecule has 1 amide bonds. The number of aromatic carboxylic acids is 1. The van der Waals surface area contributed by atoms with E-state index in [9.17, 15) is 19.7 Å². The summed E-state index contributed by atoms with van der Waals surface area (Å²) in [6, 6.07) is 3.25. The second-order valence-corrected chi connectivity index (χ2v) is 4.08. The number of benzene rings is 1. The number of rotatable bonds is 5. The van der Waals surface area contributed by atoms with E-state index in [-0.39, 0.29) is 23.5 Å². The van der Waals surface area contributed by atoms with Gasteiger partial charge in [0.15, 0.2) is 0 Å². The van der Waals surface area contributed by atoms with Gasteiger partial charge < -0.3 is 15.3 Å². The summed E-state index contributed by atoms with van der Waals surface area (Å²) >= 11 is 0. The Kier molecular flexibility index (Phi) is 4.54. The molecule has 0 heterocycles. The normalized spacial score (nSPS) is 10.3. The molecule has 8 heteroatoms. The van der Waals surface area contributed by atoms with E-state index in [2.05, 4.69) is 5.32 Å². The lowest BCUT2D eigenvalue weighted by molar-refractivity contribution is -0.384. The molecule has 102 valence electrons. The molecule has 0 unspecified atom stereocenters. The Balaban J connectivity index is 3.04. The first-order valence-corrected chi connectivity index (χ1v) is 5.27. The van der Waals surface area contributed by atoms with Gasteiger partial charge in [0.25, 0.3) is 5.69 Å². The first-order valence-electron chi connectivity index (χ1n) is 5.27. The third-order valence-corrected chi connectivity index (χ3v) is 2.18. The van der Waals surface area contributed by atoms with Gasteiger partial charge >= 0.3 is 5.97 Å². The van der Waals surface area contributed by atoms with Crippen LogP contribution < -0.4 is 5.32 Å². The van der Waals surface area contributed by atoms with Crippen molar-refractivity contribution in [1.29, 1.82) is 0 Å². The van der Waals surface area contributed by atoms with Crippen LogP contribution in [0.4, 0.5) is 11.4 Å². The highest BCUT2D eigenvalue weighted by molar-refractivity contribution is 6.01. The quantitative estimate of drug-likeness (QED) is 0.602. The summed E-state index contributed by atoms with van der Waals surface area (Å²) in [7, 11) is 3.38. The molecular formula is C11H13N3O5. The highest BCUT2D eigenvalue weighted by Crippen LogP contribution is 2.22. The molecule has 0 spiro atoms. The van der Waals surface area contributed by atoms with Crippen LogP contribution in [0, 0.1) is 10.1 Å². The minimum Gasteiger partial charge on any atom is -0.478 e. The second-order valence-electron chi connectivity index (χ2n) is 4.08. The largest absolute Gasteiger partial charge is 0.478 e. The van der Waals surface area contributed by atoms with E-state index in [1.807, 2.05) is 0 Å². The molecule has 0 aromatic heterocycles. The number of anilines is 1. The van der Waals surface area contributed by atoms with Crippen LogP contribution in [0.3, 0.4) is 0 Å². The fourth-order valence-electron chi connectivity index (χ4n) is 1.41. The number of carbonyl (C=O) groups excluding carboxylic acids is 1. The van der Waals surface area contributed by atoms with Crippen molar-refractivity contribution in [1.82, 2.24) is 4.90 Å². The van der Waals surface area contributed by atoms with Crippen LogP contribution in [-0.4, -0.2) is 47.4 Å². The van der Waals surface area contributed by atoms with Crippen LogP contribution in [0.15, 0.2) is 18.2 Å². The van der Waals surface area contributed by atoms with Gasteiger partial charge in [0.1, 0.15) is 0 Å². The maximum Gasteiger partial charge on any atom is 0.338 e. The Hall–Kier alpha value is -2.48. The van der Waals surface area contributed by atoms with Crippen LogP contribution in [-0.2, 0) is 4.79 Å². The van der Waals surface area contributed by atoms with Gasteiger partial charge in [-0.25, -0.2) is 4.79 Å². The van der Waals surface area contributed by atoms with E-state index < -0.39 is 16.8 Å². The molecule has 1 aromatic carbocycles. The average molecular weight is 267 g/mol. The molecule has 2 N–H and O–H groups in total. The summed E-state index contributed by atoms with van der Waals surface area (Å²) in [4.78, 5) is 34.0. The van der Waals surface area contributed by atoms with Gasteiger partial charge in [-0.2, -0.15) is 0 Å². The monoisotopic (exact) mass is 267 g/mol. The number of carboxylic acid groups (broad SMARTS) is 1. The zero-order chi connectivity index (χ0) is 14.6. The Labute approximate surface area is 108 Å². The minimum atomic E-state index is -1.34. The van der Waals surface area contributed by atoms with E-state index in [1.165, 1.54) is 6.07 Å². The van der Waals surface area contributed by atoms with Gasteiger partial charge in [0, 0.05) is 12.1 Å². The standard InChI is InChI=1S/C11H13N3O5/c1-13(2)6-10(15)12-9-4-3-7(14(18)19)5-8(9)11(16)17/h3-5H,6H2,1-2H3,(H,12,15)(H,16,17). The molecule has 0 aliphatic carbocycles. The molecule has 1 aromatic rings. The lowest BCUT2D eigenvalue weighted by Gasteiger charge is -2.11. The molecule has 0 saturated heterocycles. The molecule has 0 atom stereocenters. The fraction of sp³-hybridized carbons (Fsp3) is 0.273. The van der Waals surface area contributed by atoms with Crippen molar-refractivity contribution in [2.24, 2.45) is 0 Å². The predicted molar refractivity (Wildman–Crippen MR) is 67.2 cm³/mol. The van der Waals surface area contributed by atoms with E-state index in [0.717, 1.165) is 12.1 Å². The third kappa shape index (κ3) is 4.03. The maximum absolute atomic E-state index is 11.5. The van der Waals surface area contributed by atoms with Crippen molar-refractivity contribution < 1.29 is 19.6 Å². The SMILES string of the molecule is CN(C)CC(=O)Nc1ccc([N+](=O)[O-])cc1C(=O)O. The molecule has 0 aliphatic rings. The van der Waals surface area contributed by atoms with E-state index in [1.54, 1.807) is 19.0 Å². The average Bonchev–Trinajstić information content (AvgIpc) is 2.27. The van der Waals surface area contributed by atoms with Crippen molar-refractivity contribution >= 4 is 23.3 Å². The highest BCUT2D eigenvalue weighted by Gasteiger charge is 2.17. The van der Waals surface area contributed by atoms with Gasteiger partial charge in [-0.3, -0.25) is 14.9 Å². The number of amides is 1. The van der Waals surface area contributed by atoms with E-state index in [4.69, 9.17) is 5.11 Å². The molecule has 0 aliphatic heterocycles. The smallest absolute Gasteiger partial charge is 0.338 e. The molecule has 0 fully saturated rings. The van der Waals surface area contributed by atoms with Gasteiger partial charge in [-0.05, 0) is 20.2 Å². The lowest BCUT2D eigenvalue weighted by Crippen LogP contribution is -2.27. The number of carbonyl (C=O) groups is 2. The number of likely N-dealkylation sites (N-methyl/N-ethyl adjacent to an activating group) is 1. The summed E-state index contributed by atoms with van der Waals surface area (Å²) in [6.07, 6.45) is 0. The van der Waals surface area contributed by atoms with Gasteiger partial charge in [0.05, 0.1) is 22.7 Å². The minimum absolute atomic E-state index is 0.0324. The predicted octanol–water partition coefficient (Wildman–Crippen LogP) is 0.793. The first-order chi connectivity index (χ1) is 8.81. The van der Waals surface area contributed by atoms with Crippen molar-refractivity contribution in [2.75, 3.05) is 26.0 Å². The van der Waals surface area contributed by atoms with E-state index >= 15 is 0 Å². The Morgan fingerprint density at radius 3 is 2.53 bits per heavy atom. The first kappa shape index (κ1) is 14.6. The zero-order valence-electron chi connectivity index (χ0n) is 10.4. The summed E-state index contributed by atoms with van der Waals surface area (Å²) in [5.41, 5.74) is -0.630. The second kappa shape index (κ2) is 5.91. The number of nitrogens with zero attached hydrogens (tertiary/aromatic N) is 2. The molecule has 0 bridgehead atoms. The zero-order valence-corrected chi connectivity index (χ0v) is 10.4. The lowest BCUT2D eigenvalue weighted by atomic mass is 10.1. The molecule has 1 rings (SSSR count). The van der Waals surface area contributed by atoms with Crippen molar-refractivity contribution in [3.63, 3.8) is 0 Å². The Bertz CT molecular complexity index is 527. The summed E-state index contributed by atoms with van der Waals surface area (Å²) < 4.78 is 0. The van der Waals surface area contributed by atoms with Gasteiger partial charge in [0.2, 0.25) is 5.91 Å². The van der Waals surface area contributed by atoms with Crippen LogP contribution >= 0.6 is 0 Å². The van der Waals surface area contributed by atoms with E-state index in [0.29, 0.717) is 0 Å². The van der Waals surface area contributed by atoms with Crippen LogP contribution in [0.1, 0.15) is 10.4 Å². The number of nitro benzene ring substituents is 1. The topological polar surface area (TPSA) is 113 Å². The number of nitrogens with one attached hydrogen (secondary N) is 1. The van der Waals surface area contributed by atoms with Gasteiger partial charge in [-0.15, -0.1) is 0 Å². The molecular weight excluding hydrogens is 254 g/mol. The maximum atomic E-state index is 11.5. The number of carboxylic acids is 1. The molecule has 0 radical (unpaired) electrons. The number of hydrogen-bond donors (Lipinski definition) is 2. The Morgan fingerprint density at radius 2 is 2.05 bits per heavy atom. The Morgan fingerprint density at radius 1 is 1.42 bits per heavy atom. The van der Waals surface area contributed by atoms with Crippen molar-refractivity contribution in [3.8, 4) is 0 Å². The highest BCUT2D eigenvalue weighted by atomic mass is 16.6. The number of non-ortho nitro benzene ring substituents is 1. The van der Waals surface area contributed by atoms with Gasteiger partial charge in [-0.1, -0.05) is 0 Å². The van der Waals surface area contributed by atoms with Crippen LogP contribution in [0.5, 0.6) is 0 Å². The van der Waals surface area contributed by atoms with Crippen LogP contribution in [0.2, 0.25) is 0 Å². The number of nitro groups is 1. The molecule has 8 nitrogen and oxygen atoms in total. The van der Waals surface area contributed by atoms with Crippen molar-refractivity contribution in [3.05, 3.63) is 33.9 Å².